The number of nitrogens with zero attached hydrogens (tertiary/aromatic N) is 1. The maximum atomic E-state index is 8.98. The quantitative estimate of drug-likeness (QED) is 0.681. The van der Waals surface area contributed by atoms with Crippen LogP contribution in [0.4, 0.5) is 0 Å². The fourth-order valence-electron chi connectivity index (χ4n) is 2.58. The van der Waals surface area contributed by atoms with Crippen molar-refractivity contribution < 1.29 is 5.11 Å². The van der Waals surface area contributed by atoms with Crippen molar-refractivity contribution in [2.24, 2.45) is 11.8 Å². The van der Waals surface area contributed by atoms with E-state index in [1.807, 2.05) is 6.08 Å². The maximum Gasteiger partial charge on any atom is 0.0558 e. The van der Waals surface area contributed by atoms with E-state index in [9.17, 15) is 0 Å². The molecule has 0 aliphatic heterocycles. The van der Waals surface area contributed by atoms with Crippen LogP contribution in [0.2, 0.25) is 0 Å². The molecule has 15 heavy (non-hydrogen) atoms. The number of rotatable bonds is 6. The lowest BCUT2D eigenvalue weighted by Crippen LogP contribution is -2.35. The molecule has 1 fully saturated rings. The second kappa shape index (κ2) is 7.02. The zero-order chi connectivity index (χ0) is 11.1. The number of hydrogen-bond donors (Lipinski definition) is 1. The smallest absolute Gasteiger partial charge is 0.0558 e. The highest BCUT2D eigenvalue weighted by atomic mass is 16.3. The Labute approximate surface area is 94.0 Å². The molecular formula is C13H25NO. The zero-order valence-corrected chi connectivity index (χ0v) is 9.99. The Morgan fingerprint density at radius 2 is 2.13 bits per heavy atom. The van der Waals surface area contributed by atoms with Crippen LogP contribution in [0.5, 0.6) is 0 Å². The van der Waals surface area contributed by atoms with E-state index in [2.05, 4.69) is 18.4 Å². The van der Waals surface area contributed by atoms with Gasteiger partial charge >= 0.3 is 0 Å². The summed E-state index contributed by atoms with van der Waals surface area (Å²) in [5.41, 5.74) is 0. The van der Waals surface area contributed by atoms with E-state index in [0.29, 0.717) is 0 Å². The second-order valence-corrected chi connectivity index (χ2v) is 4.79. The normalized spacial score (nSPS) is 26.9. The van der Waals surface area contributed by atoms with Crippen molar-refractivity contribution in [3.05, 3.63) is 12.7 Å². The first-order valence-corrected chi connectivity index (χ1v) is 6.22. The van der Waals surface area contributed by atoms with Crippen molar-refractivity contribution in [2.75, 3.05) is 26.2 Å². The molecular weight excluding hydrogens is 186 g/mol. The van der Waals surface area contributed by atoms with Gasteiger partial charge in [-0.05, 0) is 18.3 Å². The minimum atomic E-state index is 0.259. The number of aliphatic hydroxyl groups excluding tert-OH is 1. The Morgan fingerprint density at radius 1 is 1.40 bits per heavy atom. The van der Waals surface area contributed by atoms with Gasteiger partial charge in [0.2, 0.25) is 0 Å². The minimum absolute atomic E-state index is 0.259. The summed E-state index contributed by atoms with van der Waals surface area (Å²) in [6.07, 6.45) is 7.46. The van der Waals surface area contributed by atoms with E-state index in [4.69, 9.17) is 5.11 Å². The highest BCUT2D eigenvalue weighted by Gasteiger charge is 2.22. The topological polar surface area (TPSA) is 23.5 Å². The first-order valence-electron chi connectivity index (χ1n) is 6.22. The third-order valence-electron chi connectivity index (χ3n) is 3.59. The molecule has 1 N–H and O–H groups in total. The van der Waals surface area contributed by atoms with Crippen LogP contribution in [-0.2, 0) is 0 Å². The Kier molecular flexibility index (Phi) is 5.96. The molecule has 0 amide bonds. The maximum absolute atomic E-state index is 8.98. The van der Waals surface area contributed by atoms with Crippen LogP contribution >= 0.6 is 0 Å². The summed E-state index contributed by atoms with van der Waals surface area (Å²) in [6.45, 7) is 9.23. The molecule has 0 spiro atoms. The monoisotopic (exact) mass is 211 g/mol. The molecule has 88 valence electrons. The minimum Gasteiger partial charge on any atom is -0.395 e. The molecule has 0 radical (unpaired) electrons. The summed E-state index contributed by atoms with van der Waals surface area (Å²) in [6, 6.07) is 0. The van der Waals surface area contributed by atoms with E-state index in [1.54, 1.807) is 0 Å². The predicted octanol–water partition coefficient (Wildman–Crippen LogP) is 2.29. The highest BCUT2D eigenvalue weighted by Crippen LogP contribution is 2.29. The van der Waals surface area contributed by atoms with Gasteiger partial charge < -0.3 is 5.11 Å². The molecule has 1 aliphatic carbocycles. The number of aliphatic hydroxyl groups is 1. The lowest BCUT2D eigenvalue weighted by atomic mass is 9.80. The predicted molar refractivity (Wildman–Crippen MR) is 64.8 cm³/mol. The van der Waals surface area contributed by atoms with Crippen LogP contribution in [0.1, 0.15) is 32.6 Å². The van der Waals surface area contributed by atoms with Gasteiger partial charge in [-0.15, -0.1) is 6.58 Å². The van der Waals surface area contributed by atoms with Crippen molar-refractivity contribution in [3.8, 4) is 0 Å². The number of hydrogen-bond acceptors (Lipinski definition) is 2. The highest BCUT2D eigenvalue weighted by molar-refractivity contribution is 4.79. The van der Waals surface area contributed by atoms with Crippen molar-refractivity contribution in [1.82, 2.24) is 4.90 Å². The van der Waals surface area contributed by atoms with Crippen molar-refractivity contribution in [1.29, 1.82) is 0 Å². The van der Waals surface area contributed by atoms with Crippen LogP contribution in [0.25, 0.3) is 0 Å². The molecule has 2 nitrogen and oxygen atoms in total. The molecule has 2 unspecified atom stereocenters. The van der Waals surface area contributed by atoms with Gasteiger partial charge in [-0.3, -0.25) is 4.90 Å². The molecule has 1 saturated carbocycles. The van der Waals surface area contributed by atoms with Gasteiger partial charge in [0.25, 0.3) is 0 Å². The molecule has 0 aromatic carbocycles. The van der Waals surface area contributed by atoms with Crippen LogP contribution in [0.15, 0.2) is 12.7 Å². The Balaban J connectivity index is 2.37. The molecule has 0 aromatic rings. The summed E-state index contributed by atoms with van der Waals surface area (Å²) >= 11 is 0. The summed E-state index contributed by atoms with van der Waals surface area (Å²) in [4.78, 5) is 2.32. The van der Waals surface area contributed by atoms with Crippen LogP contribution in [-0.4, -0.2) is 36.2 Å². The first-order chi connectivity index (χ1) is 7.27. The van der Waals surface area contributed by atoms with Crippen molar-refractivity contribution >= 4 is 0 Å². The van der Waals surface area contributed by atoms with Gasteiger partial charge in [0, 0.05) is 19.6 Å². The average Bonchev–Trinajstić information content (AvgIpc) is 2.22. The lowest BCUT2D eigenvalue weighted by Gasteiger charge is -2.33. The van der Waals surface area contributed by atoms with E-state index < -0.39 is 0 Å². The molecule has 0 saturated heterocycles. The third kappa shape index (κ3) is 4.35. The Bertz CT molecular complexity index is 181. The fraction of sp³-hybridized carbons (Fsp3) is 0.846. The molecule has 1 rings (SSSR count). The molecule has 2 heteroatoms. The third-order valence-corrected chi connectivity index (χ3v) is 3.59. The lowest BCUT2D eigenvalue weighted by molar-refractivity contribution is 0.145. The molecule has 0 heterocycles. The second-order valence-electron chi connectivity index (χ2n) is 4.79. The standard InChI is InChI=1S/C13H25NO/c1-3-8-14(9-10-15)11-13-7-5-4-6-12(13)2/h3,12-13,15H,1,4-11H2,2H3. The zero-order valence-electron chi connectivity index (χ0n) is 9.99. The van der Waals surface area contributed by atoms with Gasteiger partial charge in [-0.1, -0.05) is 32.3 Å². The summed E-state index contributed by atoms with van der Waals surface area (Å²) in [7, 11) is 0. The molecule has 1 aliphatic rings. The van der Waals surface area contributed by atoms with Crippen LogP contribution in [0, 0.1) is 11.8 Å². The van der Waals surface area contributed by atoms with Crippen LogP contribution < -0.4 is 0 Å². The van der Waals surface area contributed by atoms with Gasteiger partial charge in [-0.2, -0.15) is 0 Å². The van der Waals surface area contributed by atoms with E-state index in [0.717, 1.165) is 31.5 Å². The average molecular weight is 211 g/mol. The van der Waals surface area contributed by atoms with Gasteiger partial charge in [0.15, 0.2) is 0 Å². The summed E-state index contributed by atoms with van der Waals surface area (Å²) in [5, 5.41) is 8.98. The Morgan fingerprint density at radius 3 is 2.73 bits per heavy atom. The largest absolute Gasteiger partial charge is 0.395 e. The molecule has 0 aromatic heterocycles. The van der Waals surface area contributed by atoms with Crippen molar-refractivity contribution in [2.45, 2.75) is 32.6 Å². The Hall–Kier alpha value is -0.340. The fourth-order valence-corrected chi connectivity index (χ4v) is 2.58. The first kappa shape index (κ1) is 12.7. The molecule has 2 atom stereocenters. The van der Waals surface area contributed by atoms with E-state index in [1.165, 1.54) is 25.7 Å². The molecule has 0 bridgehead atoms. The van der Waals surface area contributed by atoms with Crippen LogP contribution in [0.3, 0.4) is 0 Å². The van der Waals surface area contributed by atoms with E-state index >= 15 is 0 Å². The summed E-state index contributed by atoms with van der Waals surface area (Å²) in [5.74, 6) is 1.68. The van der Waals surface area contributed by atoms with Gasteiger partial charge in [0.05, 0.1) is 6.61 Å². The van der Waals surface area contributed by atoms with Gasteiger partial charge in [-0.25, -0.2) is 0 Å². The van der Waals surface area contributed by atoms with Gasteiger partial charge in [0.1, 0.15) is 0 Å². The summed E-state index contributed by atoms with van der Waals surface area (Å²) < 4.78 is 0. The van der Waals surface area contributed by atoms with Crippen molar-refractivity contribution in [3.63, 3.8) is 0 Å². The van der Waals surface area contributed by atoms with E-state index in [-0.39, 0.29) is 6.61 Å². The SMILES string of the molecule is C=CCN(CCO)CC1CCCCC1C.